The van der Waals surface area contributed by atoms with E-state index < -0.39 is 7.60 Å². The second-order valence-electron chi connectivity index (χ2n) is 4.20. The molecule has 3 aromatic carbocycles. The Hall–Kier alpha value is -1.41. The molecule has 3 nitrogen and oxygen atoms in total. The number of benzene rings is 1. The Morgan fingerprint density at radius 2 is 1.38 bits per heavy atom. The predicted octanol–water partition coefficient (Wildman–Crippen LogP) is 3.28. The van der Waals surface area contributed by atoms with Gasteiger partial charge in [-0.1, -0.05) is 35.9 Å². The molecule has 0 heterocycles. The van der Waals surface area contributed by atoms with E-state index in [2.05, 4.69) is 0 Å². The molecular formula is C16H15FeO3P-6. The van der Waals surface area contributed by atoms with E-state index in [0.29, 0.717) is 5.56 Å². The van der Waals surface area contributed by atoms with Crippen LogP contribution >= 0.6 is 7.60 Å². The van der Waals surface area contributed by atoms with Crippen LogP contribution < -0.4 is 5.30 Å². The second-order valence-corrected chi connectivity index (χ2v) is 5.77. The van der Waals surface area contributed by atoms with E-state index in [-0.39, 0.29) is 22.4 Å². The molecule has 0 saturated heterocycles. The summed E-state index contributed by atoms with van der Waals surface area (Å²) in [6.45, 7) is 0. The summed E-state index contributed by atoms with van der Waals surface area (Å²) < 4.78 is 11.2. The molecule has 3 rings (SSSR count). The van der Waals surface area contributed by atoms with Crippen molar-refractivity contribution >= 4 is 12.9 Å². The van der Waals surface area contributed by atoms with Crippen molar-refractivity contribution in [2.24, 2.45) is 0 Å². The van der Waals surface area contributed by atoms with Crippen molar-refractivity contribution in [2.45, 2.75) is 0 Å². The maximum absolute atomic E-state index is 11.2. The maximum atomic E-state index is 11.2. The van der Waals surface area contributed by atoms with Gasteiger partial charge in [0.25, 0.3) is 0 Å². The van der Waals surface area contributed by atoms with Crippen LogP contribution in [-0.4, -0.2) is 9.79 Å². The third-order valence-corrected chi connectivity index (χ3v) is 3.76. The third-order valence-electron chi connectivity index (χ3n) is 2.75. The number of rotatable bonds is 2. The minimum Gasteiger partial charge on any atom is -0.748 e. The van der Waals surface area contributed by atoms with Crippen molar-refractivity contribution in [1.82, 2.24) is 0 Å². The molecular weight excluding hydrogens is 327 g/mol. The molecule has 0 radical (unpaired) electrons. The largest absolute Gasteiger partial charge is 0.748 e. The molecule has 21 heavy (non-hydrogen) atoms. The zero-order valence-electron chi connectivity index (χ0n) is 11.1. The van der Waals surface area contributed by atoms with Crippen molar-refractivity contribution in [1.29, 1.82) is 0 Å². The molecule has 0 saturated carbocycles. The Kier molecular flexibility index (Phi) is 6.83. The van der Waals surface area contributed by atoms with Gasteiger partial charge in [0, 0.05) is 17.1 Å². The van der Waals surface area contributed by atoms with Gasteiger partial charge in [0.15, 0.2) is 0 Å². The molecule has 0 aromatic heterocycles. The molecule has 0 aliphatic carbocycles. The van der Waals surface area contributed by atoms with Gasteiger partial charge in [-0.3, -0.25) is 4.57 Å². The van der Waals surface area contributed by atoms with Gasteiger partial charge < -0.3 is 40.1 Å². The maximum Gasteiger partial charge on any atom is 0.316 e. The average molecular weight is 342 g/mol. The fraction of sp³-hybridized carbons (Fsp3) is 0. The molecule has 3 aromatic rings. The van der Waals surface area contributed by atoms with Crippen LogP contribution in [0.3, 0.4) is 0 Å². The summed E-state index contributed by atoms with van der Waals surface area (Å²) in [5.74, 6) is 0. The number of hydrogen-bond donors (Lipinski definition) is 2. The third kappa shape index (κ3) is 5.13. The fourth-order valence-electron chi connectivity index (χ4n) is 1.85. The van der Waals surface area contributed by atoms with Gasteiger partial charge in [0.1, 0.15) is 0 Å². The van der Waals surface area contributed by atoms with Gasteiger partial charge in [0.2, 0.25) is 0 Å². The number of hydrogen-bond acceptors (Lipinski definition) is 1. The van der Waals surface area contributed by atoms with Gasteiger partial charge in [0.05, 0.1) is 0 Å². The minimum absolute atomic E-state index is 0. The average Bonchev–Trinajstić information content (AvgIpc) is 3.13. The first-order chi connectivity index (χ1) is 9.59. The smallest absolute Gasteiger partial charge is 0.316 e. The van der Waals surface area contributed by atoms with Crippen LogP contribution in [0, 0.1) is 0 Å². The summed E-state index contributed by atoms with van der Waals surface area (Å²) in [5, 5.41) is 0.0914. The summed E-state index contributed by atoms with van der Waals surface area (Å²) in [6, 6.07) is 24.0. The Morgan fingerprint density at radius 3 is 1.86 bits per heavy atom. The van der Waals surface area contributed by atoms with E-state index in [1.165, 1.54) is 6.07 Å². The van der Waals surface area contributed by atoms with Crippen molar-refractivity contribution in [3.63, 3.8) is 0 Å². The molecule has 116 valence electrons. The molecule has 0 fully saturated rings. The zero-order chi connectivity index (χ0) is 14.4. The standard InChI is InChI=1S/C11H10O3P.C5H5.Fe/c12-15(13,14)11-8-4-7-10(11)9-5-2-1-3-6-9;1-2-4-5-3-1;/h1-8H,(H2,12,13,14);1-5H;/q-1;-5;. The Labute approximate surface area is 134 Å². The summed E-state index contributed by atoms with van der Waals surface area (Å²) >= 11 is 0. The molecule has 2 N–H and O–H groups in total. The summed E-state index contributed by atoms with van der Waals surface area (Å²) in [4.78, 5) is 18.3. The molecule has 0 unspecified atom stereocenters. The topological polar surface area (TPSA) is 57.5 Å². The summed E-state index contributed by atoms with van der Waals surface area (Å²) in [6.07, 6.45) is 0. The van der Waals surface area contributed by atoms with E-state index >= 15 is 0 Å². The Balaban J connectivity index is 0.000000313. The minimum atomic E-state index is -4.17. The SMILES string of the molecule is O=P(O)(O)[c-]1cccc1-c1ccccc1.[Fe].[cH-]1[cH-][cH-][cH-][cH-]1. The quantitative estimate of drug-likeness (QED) is 0.427. The molecule has 0 spiro atoms. The Bertz CT molecular complexity index is 651. The van der Waals surface area contributed by atoms with Gasteiger partial charge in [-0.25, -0.2) is 0 Å². The summed E-state index contributed by atoms with van der Waals surface area (Å²) in [5.41, 5.74) is 1.42. The normalized spacial score (nSPS) is 10.2. The van der Waals surface area contributed by atoms with Crippen molar-refractivity contribution in [3.05, 3.63) is 78.9 Å². The second kappa shape index (κ2) is 8.13. The van der Waals surface area contributed by atoms with Gasteiger partial charge in [-0.2, -0.15) is 12.1 Å². The van der Waals surface area contributed by atoms with Crippen molar-refractivity contribution < 1.29 is 31.4 Å². The van der Waals surface area contributed by atoms with E-state index in [4.69, 9.17) is 9.79 Å². The molecule has 0 amide bonds. The van der Waals surface area contributed by atoms with Crippen molar-refractivity contribution in [3.8, 4) is 11.1 Å². The van der Waals surface area contributed by atoms with Crippen LogP contribution in [0.1, 0.15) is 0 Å². The first kappa shape index (κ1) is 17.6. The molecule has 0 atom stereocenters. The van der Waals surface area contributed by atoms with Crippen LogP contribution in [-0.2, 0) is 21.6 Å². The molecule has 5 heteroatoms. The van der Waals surface area contributed by atoms with Crippen LogP contribution in [0.15, 0.2) is 78.9 Å². The first-order valence-electron chi connectivity index (χ1n) is 6.13. The van der Waals surface area contributed by atoms with Gasteiger partial charge in [-0.05, 0) is 5.30 Å². The molecule has 0 bridgehead atoms. The van der Waals surface area contributed by atoms with E-state index in [0.717, 1.165) is 5.56 Å². The van der Waals surface area contributed by atoms with Crippen LogP contribution in [0.25, 0.3) is 11.1 Å². The predicted molar refractivity (Wildman–Crippen MR) is 81.2 cm³/mol. The fourth-order valence-corrected chi connectivity index (χ4v) is 2.64. The van der Waals surface area contributed by atoms with Gasteiger partial charge >= 0.3 is 7.60 Å². The summed E-state index contributed by atoms with van der Waals surface area (Å²) in [7, 11) is -4.17. The van der Waals surface area contributed by atoms with Gasteiger partial charge in [-0.15, -0.1) is 11.6 Å². The van der Waals surface area contributed by atoms with Crippen LogP contribution in [0.4, 0.5) is 0 Å². The van der Waals surface area contributed by atoms with E-state index in [1.807, 2.05) is 60.7 Å². The first-order valence-corrected chi connectivity index (χ1v) is 7.74. The van der Waals surface area contributed by atoms with E-state index in [9.17, 15) is 4.57 Å². The van der Waals surface area contributed by atoms with E-state index in [1.54, 1.807) is 12.1 Å². The molecule has 0 aliphatic heterocycles. The Morgan fingerprint density at radius 1 is 0.857 bits per heavy atom. The van der Waals surface area contributed by atoms with Crippen LogP contribution in [0.2, 0.25) is 0 Å². The molecule has 0 aliphatic rings. The zero-order valence-corrected chi connectivity index (χ0v) is 13.1. The monoisotopic (exact) mass is 342 g/mol. The van der Waals surface area contributed by atoms with Crippen molar-refractivity contribution in [2.75, 3.05) is 0 Å². The van der Waals surface area contributed by atoms with Crippen LogP contribution in [0.5, 0.6) is 0 Å².